The molecular formula is C14H20N4. The van der Waals surface area contributed by atoms with Crippen molar-refractivity contribution >= 4 is 16.9 Å². The largest absolute Gasteiger partial charge is 0.365 e. The molecule has 2 rings (SSSR count). The van der Waals surface area contributed by atoms with Gasteiger partial charge in [-0.1, -0.05) is 25.5 Å². The molecule has 0 radical (unpaired) electrons. The molecule has 1 atom stereocenters. The first-order valence-electron chi connectivity index (χ1n) is 6.44. The van der Waals surface area contributed by atoms with Gasteiger partial charge in [0.25, 0.3) is 0 Å². The summed E-state index contributed by atoms with van der Waals surface area (Å²) in [5.41, 5.74) is 8.52. The van der Waals surface area contributed by atoms with Crippen molar-refractivity contribution in [3.05, 3.63) is 30.0 Å². The second kappa shape index (κ2) is 5.78. The first-order valence-corrected chi connectivity index (χ1v) is 6.44. The summed E-state index contributed by atoms with van der Waals surface area (Å²) in [4.78, 5) is 9.17. The van der Waals surface area contributed by atoms with E-state index < -0.39 is 0 Å². The molecule has 1 unspecified atom stereocenters. The van der Waals surface area contributed by atoms with E-state index in [0.717, 1.165) is 35.4 Å². The Bertz CT molecular complexity index is 524. The van der Waals surface area contributed by atoms with Crippen LogP contribution in [0.5, 0.6) is 0 Å². The van der Waals surface area contributed by atoms with Crippen LogP contribution >= 0.6 is 0 Å². The van der Waals surface area contributed by atoms with Crippen molar-refractivity contribution in [3.8, 4) is 0 Å². The van der Waals surface area contributed by atoms with Gasteiger partial charge in [0, 0.05) is 12.6 Å². The summed E-state index contributed by atoms with van der Waals surface area (Å²) in [5, 5.41) is 3.39. The minimum Gasteiger partial charge on any atom is -0.365 e. The van der Waals surface area contributed by atoms with Gasteiger partial charge in [0.05, 0.1) is 16.7 Å². The normalized spacial score (nSPS) is 12.6. The Labute approximate surface area is 108 Å². The van der Waals surface area contributed by atoms with Crippen LogP contribution in [0.15, 0.2) is 24.3 Å². The van der Waals surface area contributed by atoms with Gasteiger partial charge in [-0.15, -0.1) is 0 Å². The molecule has 0 amide bonds. The van der Waals surface area contributed by atoms with Gasteiger partial charge in [0.2, 0.25) is 0 Å². The number of rotatable bonds is 5. The molecule has 1 aromatic carbocycles. The fourth-order valence-corrected chi connectivity index (χ4v) is 2.02. The van der Waals surface area contributed by atoms with Crippen LogP contribution in [0.3, 0.4) is 0 Å². The van der Waals surface area contributed by atoms with Crippen molar-refractivity contribution in [3.63, 3.8) is 0 Å². The van der Waals surface area contributed by atoms with E-state index >= 15 is 0 Å². The standard InChI is InChI=1S/C14H20N4/c1-3-6-11(9-15)17-14-10(2)16-12-7-4-5-8-13(12)18-14/h4-5,7-8,11H,3,6,9,15H2,1-2H3,(H,17,18). The molecule has 4 heteroatoms. The van der Waals surface area contributed by atoms with Gasteiger partial charge in [-0.05, 0) is 25.5 Å². The highest BCUT2D eigenvalue weighted by atomic mass is 15.1. The van der Waals surface area contributed by atoms with Gasteiger partial charge in [0.1, 0.15) is 5.82 Å². The summed E-state index contributed by atoms with van der Waals surface area (Å²) in [7, 11) is 0. The van der Waals surface area contributed by atoms with E-state index in [2.05, 4.69) is 22.2 Å². The Morgan fingerprint density at radius 2 is 1.89 bits per heavy atom. The number of anilines is 1. The topological polar surface area (TPSA) is 63.8 Å². The summed E-state index contributed by atoms with van der Waals surface area (Å²) in [6.45, 7) is 4.74. The Balaban J connectivity index is 2.29. The maximum atomic E-state index is 5.76. The maximum Gasteiger partial charge on any atom is 0.148 e. The van der Waals surface area contributed by atoms with Crippen LogP contribution in [0.25, 0.3) is 11.0 Å². The molecule has 0 spiro atoms. The minimum absolute atomic E-state index is 0.268. The van der Waals surface area contributed by atoms with Crippen LogP contribution in [-0.4, -0.2) is 22.6 Å². The number of hydrogen-bond acceptors (Lipinski definition) is 4. The van der Waals surface area contributed by atoms with Gasteiger partial charge in [-0.2, -0.15) is 0 Å². The Morgan fingerprint density at radius 1 is 1.22 bits per heavy atom. The molecule has 2 aromatic rings. The molecule has 1 aromatic heterocycles. The van der Waals surface area contributed by atoms with Gasteiger partial charge < -0.3 is 11.1 Å². The lowest BCUT2D eigenvalue weighted by molar-refractivity contribution is 0.645. The van der Waals surface area contributed by atoms with E-state index in [0.29, 0.717) is 6.54 Å². The molecule has 4 nitrogen and oxygen atoms in total. The third-order valence-corrected chi connectivity index (χ3v) is 3.01. The number of nitrogens with one attached hydrogen (secondary N) is 1. The third kappa shape index (κ3) is 2.76. The van der Waals surface area contributed by atoms with Crippen molar-refractivity contribution in [2.24, 2.45) is 5.73 Å². The van der Waals surface area contributed by atoms with E-state index in [-0.39, 0.29) is 6.04 Å². The number of benzene rings is 1. The first-order chi connectivity index (χ1) is 8.74. The molecule has 18 heavy (non-hydrogen) atoms. The lowest BCUT2D eigenvalue weighted by Crippen LogP contribution is -2.29. The van der Waals surface area contributed by atoms with Gasteiger partial charge >= 0.3 is 0 Å². The molecule has 0 saturated carbocycles. The molecular weight excluding hydrogens is 224 g/mol. The highest BCUT2D eigenvalue weighted by Crippen LogP contribution is 2.17. The van der Waals surface area contributed by atoms with Gasteiger partial charge in [-0.25, -0.2) is 9.97 Å². The predicted octanol–water partition coefficient (Wildman–Crippen LogP) is 2.48. The summed E-state index contributed by atoms with van der Waals surface area (Å²) >= 11 is 0. The highest BCUT2D eigenvalue weighted by Gasteiger charge is 2.09. The Kier molecular flexibility index (Phi) is 4.10. The molecule has 96 valence electrons. The zero-order valence-electron chi connectivity index (χ0n) is 11.0. The molecule has 0 aliphatic carbocycles. The number of para-hydroxylation sites is 2. The molecule has 3 N–H and O–H groups in total. The van der Waals surface area contributed by atoms with Crippen molar-refractivity contribution in [1.82, 2.24) is 9.97 Å². The van der Waals surface area contributed by atoms with E-state index in [1.165, 1.54) is 0 Å². The molecule has 0 aliphatic rings. The SMILES string of the molecule is CCCC(CN)Nc1nc2ccccc2nc1C. The first kappa shape index (κ1) is 12.8. The molecule has 0 fully saturated rings. The van der Waals surface area contributed by atoms with E-state index in [1.54, 1.807) is 0 Å². The third-order valence-electron chi connectivity index (χ3n) is 3.01. The number of aryl methyl sites for hydroxylation is 1. The number of nitrogens with zero attached hydrogens (tertiary/aromatic N) is 2. The molecule has 1 heterocycles. The van der Waals surface area contributed by atoms with Crippen molar-refractivity contribution in [2.45, 2.75) is 32.7 Å². The second-order valence-corrected chi connectivity index (χ2v) is 4.51. The summed E-state index contributed by atoms with van der Waals surface area (Å²) in [5.74, 6) is 0.845. The molecule has 0 aliphatic heterocycles. The maximum absolute atomic E-state index is 5.76. The van der Waals surface area contributed by atoms with E-state index in [1.807, 2.05) is 31.2 Å². The lowest BCUT2D eigenvalue weighted by Gasteiger charge is -2.18. The monoisotopic (exact) mass is 244 g/mol. The summed E-state index contributed by atoms with van der Waals surface area (Å²) in [6, 6.07) is 8.17. The predicted molar refractivity (Wildman–Crippen MR) is 75.6 cm³/mol. The van der Waals surface area contributed by atoms with Crippen LogP contribution in [0.2, 0.25) is 0 Å². The van der Waals surface area contributed by atoms with Crippen LogP contribution in [0.4, 0.5) is 5.82 Å². The van der Waals surface area contributed by atoms with Crippen LogP contribution < -0.4 is 11.1 Å². The van der Waals surface area contributed by atoms with Crippen molar-refractivity contribution < 1.29 is 0 Å². The van der Waals surface area contributed by atoms with Crippen LogP contribution in [0, 0.1) is 6.92 Å². The minimum atomic E-state index is 0.268. The smallest absolute Gasteiger partial charge is 0.148 e. The summed E-state index contributed by atoms with van der Waals surface area (Å²) in [6.07, 6.45) is 2.15. The van der Waals surface area contributed by atoms with Crippen LogP contribution in [-0.2, 0) is 0 Å². The number of fused-ring (bicyclic) bond motifs is 1. The van der Waals surface area contributed by atoms with Gasteiger partial charge in [0.15, 0.2) is 0 Å². The fraction of sp³-hybridized carbons (Fsp3) is 0.429. The molecule has 0 bridgehead atoms. The van der Waals surface area contributed by atoms with E-state index in [4.69, 9.17) is 5.73 Å². The zero-order valence-corrected chi connectivity index (χ0v) is 11.0. The Morgan fingerprint density at radius 3 is 2.50 bits per heavy atom. The number of nitrogens with two attached hydrogens (primary N) is 1. The highest BCUT2D eigenvalue weighted by molar-refractivity contribution is 5.76. The second-order valence-electron chi connectivity index (χ2n) is 4.51. The average Bonchev–Trinajstić information content (AvgIpc) is 2.39. The van der Waals surface area contributed by atoms with Crippen molar-refractivity contribution in [2.75, 3.05) is 11.9 Å². The van der Waals surface area contributed by atoms with E-state index in [9.17, 15) is 0 Å². The number of aromatic nitrogens is 2. The fourth-order valence-electron chi connectivity index (χ4n) is 2.02. The molecule has 0 saturated heterocycles. The zero-order chi connectivity index (χ0) is 13.0. The van der Waals surface area contributed by atoms with Gasteiger partial charge in [-0.3, -0.25) is 0 Å². The lowest BCUT2D eigenvalue weighted by atomic mass is 10.1. The summed E-state index contributed by atoms with van der Waals surface area (Å²) < 4.78 is 0. The average molecular weight is 244 g/mol. The quantitative estimate of drug-likeness (QED) is 0.848. The van der Waals surface area contributed by atoms with Crippen LogP contribution in [0.1, 0.15) is 25.5 Å². The van der Waals surface area contributed by atoms with Crippen molar-refractivity contribution in [1.29, 1.82) is 0 Å². The Hall–Kier alpha value is -1.68. The number of hydrogen-bond donors (Lipinski definition) is 2.